The first kappa shape index (κ1) is 8.89. The molecular weight excluding hydrogens is 166 g/mol. The van der Waals surface area contributed by atoms with E-state index in [1.54, 1.807) is 0 Å². The fourth-order valence-electron chi connectivity index (χ4n) is 2.42. The van der Waals surface area contributed by atoms with Crippen LogP contribution in [0.1, 0.15) is 20.3 Å². The minimum atomic E-state index is 0.762. The van der Waals surface area contributed by atoms with Gasteiger partial charge in [0.15, 0.2) is 0 Å². The van der Waals surface area contributed by atoms with Gasteiger partial charge in [-0.1, -0.05) is 0 Å². The predicted molar refractivity (Wildman–Crippen MR) is 55.6 cm³/mol. The lowest BCUT2D eigenvalue weighted by atomic mass is 9.90. The van der Waals surface area contributed by atoms with Crippen LogP contribution in [-0.4, -0.2) is 35.5 Å². The summed E-state index contributed by atoms with van der Waals surface area (Å²) in [4.78, 5) is 2.67. The van der Waals surface area contributed by atoms with Crippen LogP contribution in [0.5, 0.6) is 0 Å². The Morgan fingerprint density at radius 3 is 2.25 bits per heavy atom. The van der Waals surface area contributed by atoms with E-state index in [4.69, 9.17) is 0 Å². The summed E-state index contributed by atoms with van der Waals surface area (Å²) in [5, 5.41) is 0. The summed E-state index contributed by atoms with van der Waals surface area (Å²) in [5.74, 6) is 4.84. The third-order valence-corrected chi connectivity index (χ3v) is 4.50. The Balaban J connectivity index is 1.96. The van der Waals surface area contributed by atoms with Gasteiger partial charge in [-0.2, -0.15) is 11.8 Å². The van der Waals surface area contributed by atoms with Crippen molar-refractivity contribution in [1.82, 2.24) is 4.90 Å². The first-order valence-electron chi connectivity index (χ1n) is 5.07. The van der Waals surface area contributed by atoms with Crippen LogP contribution < -0.4 is 0 Å². The number of piperidine rings is 1. The molecule has 0 amide bonds. The van der Waals surface area contributed by atoms with Crippen LogP contribution in [0.15, 0.2) is 0 Å². The molecule has 2 aliphatic rings. The van der Waals surface area contributed by atoms with E-state index < -0.39 is 0 Å². The molecule has 0 saturated carbocycles. The molecule has 0 aromatic carbocycles. The second-order valence-electron chi connectivity index (χ2n) is 4.55. The maximum Gasteiger partial charge on any atom is 0.00388 e. The number of nitrogens with zero attached hydrogens (tertiary/aromatic N) is 1. The molecule has 2 bridgehead atoms. The van der Waals surface area contributed by atoms with E-state index in [1.807, 2.05) is 0 Å². The molecule has 2 atom stereocenters. The van der Waals surface area contributed by atoms with Crippen molar-refractivity contribution in [2.75, 3.05) is 24.6 Å². The predicted octanol–water partition coefficient (Wildman–Crippen LogP) is 2.08. The van der Waals surface area contributed by atoms with Crippen molar-refractivity contribution in [2.45, 2.75) is 26.3 Å². The molecule has 1 nitrogen and oxygen atoms in total. The number of rotatable bonds is 1. The zero-order valence-electron chi connectivity index (χ0n) is 8.12. The fourth-order valence-corrected chi connectivity index (χ4v) is 3.71. The molecule has 0 aliphatic carbocycles. The molecule has 2 rings (SSSR count). The van der Waals surface area contributed by atoms with E-state index in [0.717, 1.165) is 17.9 Å². The monoisotopic (exact) mass is 185 g/mol. The van der Waals surface area contributed by atoms with Crippen molar-refractivity contribution < 1.29 is 0 Å². The third-order valence-electron chi connectivity index (χ3n) is 3.09. The standard InChI is InChI=1S/C10H19NS/c1-8(2)11-4-9-3-10(5-11)7-12-6-9/h8-10H,3-7H2,1-2H3. The second-order valence-corrected chi connectivity index (χ2v) is 5.63. The average molecular weight is 185 g/mol. The largest absolute Gasteiger partial charge is 0.300 e. The van der Waals surface area contributed by atoms with Gasteiger partial charge in [0.05, 0.1) is 0 Å². The summed E-state index contributed by atoms with van der Waals surface area (Å²) in [6.07, 6.45) is 1.51. The smallest absolute Gasteiger partial charge is 0.00388 e. The van der Waals surface area contributed by atoms with Crippen LogP contribution in [0.2, 0.25) is 0 Å². The van der Waals surface area contributed by atoms with Crippen LogP contribution in [0.4, 0.5) is 0 Å². The first-order chi connectivity index (χ1) is 5.75. The van der Waals surface area contributed by atoms with Gasteiger partial charge in [0, 0.05) is 19.1 Å². The number of likely N-dealkylation sites (tertiary alicyclic amines) is 1. The molecule has 0 aromatic rings. The number of hydrogen-bond donors (Lipinski definition) is 0. The third kappa shape index (κ3) is 1.80. The van der Waals surface area contributed by atoms with E-state index in [1.165, 1.54) is 31.0 Å². The molecule has 70 valence electrons. The van der Waals surface area contributed by atoms with Gasteiger partial charge >= 0.3 is 0 Å². The van der Waals surface area contributed by atoms with E-state index in [9.17, 15) is 0 Å². The number of thioether (sulfide) groups is 1. The van der Waals surface area contributed by atoms with Crippen molar-refractivity contribution in [3.8, 4) is 0 Å². The van der Waals surface area contributed by atoms with E-state index in [0.29, 0.717) is 0 Å². The summed E-state index contributed by atoms with van der Waals surface area (Å²) < 4.78 is 0. The van der Waals surface area contributed by atoms with Gasteiger partial charge in [0.25, 0.3) is 0 Å². The highest BCUT2D eigenvalue weighted by Gasteiger charge is 2.31. The van der Waals surface area contributed by atoms with Gasteiger partial charge in [0.2, 0.25) is 0 Å². The quantitative estimate of drug-likeness (QED) is 0.615. The van der Waals surface area contributed by atoms with E-state index in [-0.39, 0.29) is 0 Å². The highest BCUT2D eigenvalue weighted by atomic mass is 32.2. The zero-order chi connectivity index (χ0) is 8.55. The molecule has 2 saturated heterocycles. The van der Waals surface area contributed by atoms with Gasteiger partial charge in [-0.15, -0.1) is 0 Å². The highest BCUT2D eigenvalue weighted by molar-refractivity contribution is 7.99. The van der Waals surface area contributed by atoms with Crippen molar-refractivity contribution in [3.63, 3.8) is 0 Å². The molecule has 2 heteroatoms. The molecule has 0 N–H and O–H groups in total. The molecule has 0 radical (unpaired) electrons. The molecule has 2 heterocycles. The topological polar surface area (TPSA) is 3.24 Å². The summed E-state index contributed by atoms with van der Waals surface area (Å²) in [7, 11) is 0. The van der Waals surface area contributed by atoms with Gasteiger partial charge in [-0.05, 0) is 43.6 Å². The lowest BCUT2D eigenvalue weighted by molar-refractivity contribution is 0.110. The Bertz CT molecular complexity index is 146. The van der Waals surface area contributed by atoms with Crippen LogP contribution in [-0.2, 0) is 0 Å². The minimum absolute atomic E-state index is 0.762. The highest BCUT2D eigenvalue weighted by Crippen LogP contribution is 2.33. The Morgan fingerprint density at radius 1 is 1.17 bits per heavy atom. The normalized spacial score (nSPS) is 37.2. The van der Waals surface area contributed by atoms with Crippen molar-refractivity contribution >= 4 is 11.8 Å². The second kappa shape index (κ2) is 3.59. The van der Waals surface area contributed by atoms with Gasteiger partial charge in [0.1, 0.15) is 0 Å². The summed E-state index contributed by atoms with van der Waals surface area (Å²) in [6, 6.07) is 0.762. The Hall–Kier alpha value is 0.310. The molecule has 0 aromatic heterocycles. The molecule has 12 heavy (non-hydrogen) atoms. The minimum Gasteiger partial charge on any atom is -0.300 e. The average Bonchev–Trinajstić information content (AvgIpc) is 2.03. The summed E-state index contributed by atoms with van der Waals surface area (Å²) in [6.45, 7) is 7.38. The summed E-state index contributed by atoms with van der Waals surface area (Å²) >= 11 is 2.17. The summed E-state index contributed by atoms with van der Waals surface area (Å²) in [5.41, 5.74) is 0. The van der Waals surface area contributed by atoms with E-state index in [2.05, 4.69) is 30.5 Å². The Kier molecular flexibility index (Phi) is 2.66. The molecule has 2 aliphatic heterocycles. The number of fused-ring (bicyclic) bond motifs is 2. The van der Waals surface area contributed by atoms with Gasteiger partial charge in [-0.25, -0.2) is 0 Å². The SMILES string of the molecule is CC(C)N1CC2CSCC(C2)C1. The fraction of sp³-hybridized carbons (Fsp3) is 1.00. The molecule has 2 fully saturated rings. The van der Waals surface area contributed by atoms with Crippen LogP contribution >= 0.6 is 11.8 Å². The van der Waals surface area contributed by atoms with Crippen molar-refractivity contribution in [2.24, 2.45) is 11.8 Å². The lowest BCUT2D eigenvalue weighted by Gasteiger charge is -2.42. The van der Waals surface area contributed by atoms with Gasteiger partial charge < -0.3 is 4.90 Å². The molecular formula is C10H19NS. The lowest BCUT2D eigenvalue weighted by Crippen LogP contribution is -2.47. The van der Waals surface area contributed by atoms with Crippen LogP contribution in [0, 0.1) is 11.8 Å². The Morgan fingerprint density at radius 2 is 1.75 bits per heavy atom. The van der Waals surface area contributed by atoms with E-state index >= 15 is 0 Å². The zero-order valence-corrected chi connectivity index (χ0v) is 8.94. The van der Waals surface area contributed by atoms with Crippen molar-refractivity contribution in [1.29, 1.82) is 0 Å². The van der Waals surface area contributed by atoms with Gasteiger partial charge in [-0.3, -0.25) is 0 Å². The molecule has 2 unspecified atom stereocenters. The van der Waals surface area contributed by atoms with Crippen LogP contribution in [0.25, 0.3) is 0 Å². The Labute approximate surface area is 79.9 Å². The number of hydrogen-bond acceptors (Lipinski definition) is 2. The maximum absolute atomic E-state index is 2.67. The van der Waals surface area contributed by atoms with Crippen LogP contribution in [0.3, 0.4) is 0 Å². The van der Waals surface area contributed by atoms with Crippen molar-refractivity contribution in [3.05, 3.63) is 0 Å². The molecule has 0 spiro atoms. The first-order valence-corrected chi connectivity index (χ1v) is 6.23. The maximum atomic E-state index is 2.67.